The summed E-state index contributed by atoms with van der Waals surface area (Å²) in [5.41, 5.74) is 10.1. The number of carbonyl (C=O) groups is 1. The smallest absolute Gasteiger partial charge is 0.193 e. The molecular weight excluding hydrogens is 234 g/mol. The molecule has 0 aliphatic heterocycles. The molecule has 0 atom stereocenters. The maximum absolute atomic E-state index is 12.3. The van der Waals surface area contributed by atoms with E-state index in [-0.39, 0.29) is 5.78 Å². The Morgan fingerprint density at radius 2 is 1.68 bits per heavy atom. The van der Waals surface area contributed by atoms with Gasteiger partial charge in [-0.25, -0.2) is 0 Å². The second-order valence-corrected chi connectivity index (χ2v) is 4.85. The van der Waals surface area contributed by atoms with Gasteiger partial charge in [0.05, 0.1) is 0 Å². The molecule has 0 saturated heterocycles. The molecule has 0 spiro atoms. The van der Waals surface area contributed by atoms with Crippen LogP contribution in [0, 0.1) is 6.92 Å². The van der Waals surface area contributed by atoms with Gasteiger partial charge in [-0.1, -0.05) is 49.7 Å². The van der Waals surface area contributed by atoms with Crippen LogP contribution in [0.2, 0.25) is 0 Å². The lowest BCUT2D eigenvalue weighted by Gasteiger charge is -2.05. The number of rotatable bonds is 4. The molecule has 2 heteroatoms. The molecule has 2 aromatic rings. The molecule has 19 heavy (non-hydrogen) atoms. The molecular formula is C17H19NO. The molecule has 2 rings (SSSR count). The van der Waals surface area contributed by atoms with Crippen molar-refractivity contribution in [3.05, 3.63) is 64.7 Å². The average molecular weight is 253 g/mol. The van der Waals surface area contributed by atoms with Crippen LogP contribution in [0.3, 0.4) is 0 Å². The Bertz CT molecular complexity index is 585. The van der Waals surface area contributed by atoms with E-state index >= 15 is 0 Å². The minimum Gasteiger partial charge on any atom is -0.398 e. The lowest BCUT2D eigenvalue weighted by Crippen LogP contribution is -2.03. The van der Waals surface area contributed by atoms with E-state index in [9.17, 15) is 4.79 Å². The van der Waals surface area contributed by atoms with Gasteiger partial charge >= 0.3 is 0 Å². The van der Waals surface area contributed by atoms with Gasteiger partial charge in [0.25, 0.3) is 0 Å². The normalized spacial score (nSPS) is 10.4. The van der Waals surface area contributed by atoms with Crippen molar-refractivity contribution in [2.75, 3.05) is 5.73 Å². The zero-order chi connectivity index (χ0) is 13.8. The first-order chi connectivity index (χ1) is 9.11. The minimum absolute atomic E-state index is 0.0229. The van der Waals surface area contributed by atoms with Crippen LogP contribution in [0.5, 0.6) is 0 Å². The SMILES string of the molecule is CCCc1ccc(C(=O)c2ccc(C)c(N)c2)cc1. The molecule has 0 aliphatic carbocycles. The predicted octanol–water partition coefficient (Wildman–Crippen LogP) is 3.76. The monoisotopic (exact) mass is 253 g/mol. The quantitative estimate of drug-likeness (QED) is 0.666. The molecule has 2 nitrogen and oxygen atoms in total. The van der Waals surface area contributed by atoms with Gasteiger partial charge in [-0.15, -0.1) is 0 Å². The highest BCUT2D eigenvalue weighted by molar-refractivity contribution is 6.09. The highest BCUT2D eigenvalue weighted by Gasteiger charge is 2.09. The number of benzene rings is 2. The van der Waals surface area contributed by atoms with Gasteiger partial charge in [0.2, 0.25) is 0 Å². The Morgan fingerprint density at radius 1 is 1.05 bits per heavy atom. The van der Waals surface area contributed by atoms with Crippen molar-refractivity contribution in [1.82, 2.24) is 0 Å². The second kappa shape index (κ2) is 5.70. The Kier molecular flexibility index (Phi) is 4.00. The Balaban J connectivity index is 2.25. The first-order valence-corrected chi connectivity index (χ1v) is 6.61. The van der Waals surface area contributed by atoms with Crippen LogP contribution < -0.4 is 5.73 Å². The van der Waals surface area contributed by atoms with Gasteiger partial charge < -0.3 is 5.73 Å². The van der Waals surface area contributed by atoms with Crippen LogP contribution in [-0.2, 0) is 6.42 Å². The van der Waals surface area contributed by atoms with Crippen LogP contribution >= 0.6 is 0 Å². The molecule has 2 N–H and O–H groups in total. The van der Waals surface area contributed by atoms with Crippen LogP contribution in [0.25, 0.3) is 0 Å². The summed E-state index contributed by atoms with van der Waals surface area (Å²) in [5, 5.41) is 0. The molecule has 0 saturated carbocycles. The van der Waals surface area contributed by atoms with E-state index in [4.69, 9.17) is 5.73 Å². The van der Waals surface area contributed by atoms with Gasteiger partial charge in [0.1, 0.15) is 0 Å². The van der Waals surface area contributed by atoms with E-state index in [2.05, 4.69) is 6.92 Å². The number of nitrogens with two attached hydrogens (primary N) is 1. The van der Waals surface area contributed by atoms with Crippen molar-refractivity contribution in [3.8, 4) is 0 Å². The second-order valence-electron chi connectivity index (χ2n) is 4.85. The lowest BCUT2D eigenvalue weighted by atomic mass is 9.99. The standard InChI is InChI=1S/C17H19NO/c1-3-4-13-6-9-14(10-7-13)17(19)15-8-5-12(2)16(18)11-15/h5-11H,3-4,18H2,1-2H3. The summed E-state index contributed by atoms with van der Waals surface area (Å²) in [5.74, 6) is 0.0229. The fourth-order valence-corrected chi connectivity index (χ4v) is 2.06. The summed E-state index contributed by atoms with van der Waals surface area (Å²) in [6.45, 7) is 4.08. The fourth-order valence-electron chi connectivity index (χ4n) is 2.06. The summed E-state index contributed by atoms with van der Waals surface area (Å²) in [7, 11) is 0. The van der Waals surface area contributed by atoms with Crippen LogP contribution in [0.15, 0.2) is 42.5 Å². The number of hydrogen-bond donors (Lipinski definition) is 1. The molecule has 0 amide bonds. The van der Waals surface area contributed by atoms with Crippen molar-refractivity contribution < 1.29 is 4.79 Å². The first kappa shape index (κ1) is 13.3. The number of aryl methyl sites for hydroxylation is 2. The lowest BCUT2D eigenvalue weighted by molar-refractivity contribution is 0.103. The molecule has 0 heterocycles. The zero-order valence-electron chi connectivity index (χ0n) is 11.4. The van der Waals surface area contributed by atoms with Gasteiger partial charge in [0, 0.05) is 16.8 Å². The third-order valence-electron chi connectivity index (χ3n) is 3.30. The largest absolute Gasteiger partial charge is 0.398 e. The third kappa shape index (κ3) is 3.02. The van der Waals surface area contributed by atoms with E-state index in [0.29, 0.717) is 16.8 Å². The average Bonchev–Trinajstić information content (AvgIpc) is 2.42. The van der Waals surface area contributed by atoms with E-state index in [0.717, 1.165) is 18.4 Å². The molecule has 0 aromatic heterocycles. The third-order valence-corrected chi connectivity index (χ3v) is 3.30. The first-order valence-electron chi connectivity index (χ1n) is 6.61. The number of ketones is 1. The van der Waals surface area contributed by atoms with Gasteiger partial charge in [0.15, 0.2) is 5.78 Å². The molecule has 0 bridgehead atoms. The van der Waals surface area contributed by atoms with E-state index in [1.54, 1.807) is 6.07 Å². The van der Waals surface area contributed by atoms with Crippen molar-refractivity contribution in [1.29, 1.82) is 0 Å². The summed E-state index contributed by atoms with van der Waals surface area (Å²) in [6, 6.07) is 13.3. The maximum Gasteiger partial charge on any atom is 0.193 e. The number of carbonyl (C=O) groups excluding carboxylic acids is 1. The van der Waals surface area contributed by atoms with Gasteiger partial charge in [-0.05, 0) is 30.5 Å². The Morgan fingerprint density at radius 3 is 2.26 bits per heavy atom. The molecule has 0 radical (unpaired) electrons. The minimum atomic E-state index is 0.0229. The Labute approximate surface area is 114 Å². The maximum atomic E-state index is 12.3. The van der Waals surface area contributed by atoms with Gasteiger partial charge in [-0.3, -0.25) is 4.79 Å². The summed E-state index contributed by atoms with van der Waals surface area (Å²) in [6.07, 6.45) is 2.16. The van der Waals surface area contributed by atoms with Crippen LogP contribution in [0.4, 0.5) is 5.69 Å². The highest BCUT2D eigenvalue weighted by Crippen LogP contribution is 2.17. The zero-order valence-corrected chi connectivity index (χ0v) is 11.4. The van der Waals surface area contributed by atoms with Crippen molar-refractivity contribution in [2.24, 2.45) is 0 Å². The highest BCUT2D eigenvalue weighted by atomic mass is 16.1. The molecule has 0 aliphatic rings. The van der Waals surface area contributed by atoms with Crippen molar-refractivity contribution >= 4 is 11.5 Å². The summed E-state index contributed by atoms with van der Waals surface area (Å²) >= 11 is 0. The fraction of sp³-hybridized carbons (Fsp3) is 0.235. The van der Waals surface area contributed by atoms with Crippen LogP contribution in [-0.4, -0.2) is 5.78 Å². The van der Waals surface area contributed by atoms with Crippen molar-refractivity contribution in [2.45, 2.75) is 26.7 Å². The molecule has 0 fully saturated rings. The molecule has 0 unspecified atom stereocenters. The van der Waals surface area contributed by atoms with Gasteiger partial charge in [-0.2, -0.15) is 0 Å². The molecule has 2 aromatic carbocycles. The van der Waals surface area contributed by atoms with Crippen LogP contribution in [0.1, 0.15) is 40.4 Å². The summed E-state index contributed by atoms with van der Waals surface area (Å²) in [4.78, 5) is 12.3. The van der Waals surface area contributed by atoms with E-state index < -0.39 is 0 Å². The van der Waals surface area contributed by atoms with Crippen molar-refractivity contribution in [3.63, 3.8) is 0 Å². The van der Waals surface area contributed by atoms with E-state index in [1.807, 2.05) is 43.3 Å². The number of nitrogen functional groups attached to an aromatic ring is 1. The number of anilines is 1. The topological polar surface area (TPSA) is 43.1 Å². The number of hydrogen-bond acceptors (Lipinski definition) is 2. The van der Waals surface area contributed by atoms with E-state index in [1.165, 1.54) is 5.56 Å². The summed E-state index contributed by atoms with van der Waals surface area (Å²) < 4.78 is 0. The molecule has 98 valence electrons. The Hall–Kier alpha value is -2.09. The predicted molar refractivity (Wildman–Crippen MR) is 79.5 cm³/mol.